The molecule has 0 spiro atoms. The molecule has 0 saturated heterocycles. The summed E-state index contributed by atoms with van der Waals surface area (Å²) >= 11 is 0. The second-order valence-corrected chi connectivity index (χ2v) is 10.0. The predicted molar refractivity (Wildman–Crippen MR) is 157 cm³/mol. The number of nitrogens with zero attached hydrogens (tertiary/aromatic N) is 3. The molecule has 2 aromatic carbocycles. The number of carbonyl (C=O) groups excluding carboxylic acids is 1. The molecule has 1 aliphatic carbocycles. The van der Waals surface area contributed by atoms with E-state index in [-0.39, 0.29) is 11.6 Å². The van der Waals surface area contributed by atoms with Crippen molar-refractivity contribution in [2.75, 3.05) is 32.9 Å². The Kier molecular flexibility index (Phi) is 7.67. The highest BCUT2D eigenvalue weighted by atomic mass is 16.1. The lowest BCUT2D eigenvalue weighted by atomic mass is 9.84. The van der Waals surface area contributed by atoms with Gasteiger partial charge in [-0.15, -0.1) is 0 Å². The molecule has 39 heavy (non-hydrogen) atoms. The number of nitrogens with two attached hydrogens (primary N) is 1. The van der Waals surface area contributed by atoms with Crippen LogP contribution in [0.15, 0.2) is 60.9 Å². The van der Waals surface area contributed by atoms with Gasteiger partial charge in [0.15, 0.2) is 0 Å². The molecule has 4 aromatic rings. The third-order valence-electron chi connectivity index (χ3n) is 7.03. The van der Waals surface area contributed by atoms with Gasteiger partial charge in [-0.2, -0.15) is 0 Å². The molecule has 2 aromatic heterocycles. The van der Waals surface area contributed by atoms with Crippen molar-refractivity contribution in [3.8, 4) is 23.1 Å². The quantitative estimate of drug-likeness (QED) is 0.199. The summed E-state index contributed by atoms with van der Waals surface area (Å²) in [7, 11) is 3.96. The van der Waals surface area contributed by atoms with Crippen LogP contribution >= 0.6 is 0 Å². The van der Waals surface area contributed by atoms with E-state index in [4.69, 9.17) is 16.1 Å². The molecule has 0 saturated carbocycles. The van der Waals surface area contributed by atoms with Gasteiger partial charge in [0.2, 0.25) is 0 Å². The molecular weight excluding hydrogens is 484 g/mol. The minimum absolute atomic E-state index is 0.0802. The first-order valence-electron chi connectivity index (χ1n) is 13.2. The third kappa shape index (κ3) is 5.66. The van der Waals surface area contributed by atoms with Crippen molar-refractivity contribution in [2.45, 2.75) is 25.7 Å². The van der Waals surface area contributed by atoms with E-state index >= 15 is 0 Å². The molecule has 7 nitrogen and oxygen atoms in total. The number of carbonyl (C=O) groups is 1. The van der Waals surface area contributed by atoms with Crippen molar-refractivity contribution >= 4 is 28.2 Å². The number of aryl methyl sites for hydroxylation is 1. The molecule has 2 heterocycles. The van der Waals surface area contributed by atoms with Gasteiger partial charge in [0.05, 0.1) is 11.2 Å². The Morgan fingerprint density at radius 1 is 1.03 bits per heavy atom. The maximum atomic E-state index is 12.6. The lowest BCUT2D eigenvalue weighted by Gasteiger charge is -2.23. The fourth-order valence-electron chi connectivity index (χ4n) is 5.05. The van der Waals surface area contributed by atoms with Crippen molar-refractivity contribution in [3.05, 3.63) is 88.7 Å². The summed E-state index contributed by atoms with van der Waals surface area (Å²) in [6, 6.07) is 15.1. The van der Waals surface area contributed by atoms with Gasteiger partial charge < -0.3 is 16.0 Å². The normalized spacial score (nSPS) is 12.5. The monoisotopic (exact) mass is 516 g/mol. The van der Waals surface area contributed by atoms with Gasteiger partial charge in [0.25, 0.3) is 5.91 Å². The molecule has 4 N–H and O–H groups in total. The Balaban J connectivity index is 1.54. The Bertz CT molecular complexity index is 1600. The minimum Gasteiger partial charge on any atom is -0.398 e. The van der Waals surface area contributed by atoms with Crippen LogP contribution in [0.1, 0.15) is 45.5 Å². The van der Waals surface area contributed by atoms with Crippen LogP contribution in [-0.2, 0) is 12.8 Å². The predicted octanol–water partition coefficient (Wildman–Crippen LogP) is 4.47. The van der Waals surface area contributed by atoms with E-state index in [0.717, 1.165) is 60.0 Å². The van der Waals surface area contributed by atoms with Crippen LogP contribution < -0.4 is 11.1 Å². The largest absolute Gasteiger partial charge is 0.398 e. The molecule has 5 rings (SSSR count). The second-order valence-electron chi connectivity index (χ2n) is 10.0. The highest BCUT2D eigenvalue weighted by molar-refractivity contribution is 6.21. The third-order valence-corrected chi connectivity index (χ3v) is 7.03. The standard InChI is InChI=1S/C32H32N6O/c1-38(2)20-19-36-32(39)23-10-8-22(9-11-23)31-25-6-4-3-5-24(25)29-28(37-31)14-13-27(34)30(29)26(33)12-7-21-15-17-35-18-16-21/h8-11,13-18,33H,3-6,19-20,34H2,1-2H3,(H,36,39). The summed E-state index contributed by atoms with van der Waals surface area (Å²) in [6.07, 6.45) is 7.33. The maximum absolute atomic E-state index is 12.6. The van der Waals surface area contributed by atoms with Gasteiger partial charge in [-0.1, -0.05) is 18.1 Å². The lowest BCUT2D eigenvalue weighted by Crippen LogP contribution is -2.31. The van der Waals surface area contributed by atoms with Crippen LogP contribution in [0.4, 0.5) is 5.69 Å². The summed E-state index contributed by atoms with van der Waals surface area (Å²) in [6.45, 7) is 1.39. The van der Waals surface area contributed by atoms with Crippen LogP contribution in [0.3, 0.4) is 0 Å². The first kappa shape index (κ1) is 26.1. The van der Waals surface area contributed by atoms with Gasteiger partial charge >= 0.3 is 0 Å². The number of pyridine rings is 2. The highest BCUT2D eigenvalue weighted by Crippen LogP contribution is 2.38. The van der Waals surface area contributed by atoms with Crippen LogP contribution in [0.2, 0.25) is 0 Å². The van der Waals surface area contributed by atoms with Crippen molar-refractivity contribution in [3.63, 3.8) is 0 Å². The SMILES string of the molecule is CN(C)CCNC(=O)c1ccc(-c2nc3ccc(N)c(C(=N)C#Cc4ccncc4)c3c3c2CCCC3)cc1. The summed E-state index contributed by atoms with van der Waals surface area (Å²) in [5.74, 6) is 5.97. The number of benzene rings is 2. The van der Waals surface area contributed by atoms with Gasteiger partial charge in [0, 0.05) is 58.8 Å². The molecule has 0 radical (unpaired) electrons. The smallest absolute Gasteiger partial charge is 0.251 e. The molecule has 0 fully saturated rings. The molecule has 1 amide bonds. The Hall–Kier alpha value is -4.54. The van der Waals surface area contributed by atoms with E-state index in [1.54, 1.807) is 12.4 Å². The fraction of sp³-hybridized carbons (Fsp3) is 0.250. The number of amides is 1. The Morgan fingerprint density at radius 2 is 1.74 bits per heavy atom. The zero-order valence-corrected chi connectivity index (χ0v) is 22.3. The lowest BCUT2D eigenvalue weighted by molar-refractivity contribution is 0.0951. The Morgan fingerprint density at radius 3 is 2.46 bits per heavy atom. The van der Waals surface area contributed by atoms with Crippen LogP contribution in [0, 0.1) is 17.3 Å². The van der Waals surface area contributed by atoms with E-state index in [1.807, 2.05) is 67.5 Å². The minimum atomic E-state index is -0.0802. The van der Waals surface area contributed by atoms with Crippen molar-refractivity contribution in [2.24, 2.45) is 0 Å². The first-order valence-corrected chi connectivity index (χ1v) is 13.2. The van der Waals surface area contributed by atoms with E-state index in [2.05, 4.69) is 22.1 Å². The molecule has 0 atom stereocenters. The van der Waals surface area contributed by atoms with Gasteiger partial charge in [0.1, 0.15) is 5.71 Å². The zero-order chi connectivity index (χ0) is 27.4. The van der Waals surface area contributed by atoms with Crippen LogP contribution in [0.5, 0.6) is 0 Å². The van der Waals surface area contributed by atoms with E-state index in [9.17, 15) is 4.79 Å². The molecule has 1 aliphatic rings. The number of rotatable bonds is 6. The summed E-state index contributed by atoms with van der Waals surface area (Å²) in [4.78, 5) is 23.7. The Labute approximate surface area is 229 Å². The fourth-order valence-corrected chi connectivity index (χ4v) is 5.05. The topological polar surface area (TPSA) is 108 Å². The molecule has 7 heteroatoms. The van der Waals surface area contributed by atoms with Crippen LogP contribution in [0.25, 0.3) is 22.2 Å². The average molecular weight is 517 g/mol. The first-order chi connectivity index (χ1) is 18.9. The number of fused-ring (bicyclic) bond motifs is 3. The van der Waals surface area contributed by atoms with Crippen LogP contribution in [-0.4, -0.2) is 53.7 Å². The van der Waals surface area contributed by atoms with E-state index in [0.29, 0.717) is 23.4 Å². The molecule has 0 bridgehead atoms. The summed E-state index contributed by atoms with van der Waals surface area (Å²) in [5.41, 5.74) is 14.3. The summed E-state index contributed by atoms with van der Waals surface area (Å²) in [5, 5.41) is 12.7. The van der Waals surface area contributed by atoms with Gasteiger partial charge in [-0.3, -0.25) is 15.2 Å². The van der Waals surface area contributed by atoms with E-state index in [1.165, 1.54) is 11.1 Å². The maximum Gasteiger partial charge on any atom is 0.251 e. The van der Waals surface area contributed by atoms with Crippen molar-refractivity contribution in [1.82, 2.24) is 20.2 Å². The number of hydrogen-bond donors (Lipinski definition) is 3. The number of nitrogen functional groups attached to an aromatic ring is 1. The van der Waals surface area contributed by atoms with Crippen molar-refractivity contribution in [1.29, 1.82) is 5.41 Å². The number of anilines is 1. The zero-order valence-electron chi connectivity index (χ0n) is 22.3. The van der Waals surface area contributed by atoms with Gasteiger partial charge in [-0.25, -0.2) is 4.98 Å². The number of aromatic nitrogens is 2. The molecule has 196 valence electrons. The molecular formula is C32H32N6O. The summed E-state index contributed by atoms with van der Waals surface area (Å²) < 4.78 is 0. The number of likely N-dealkylation sites (N-methyl/N-ethyl adjacent to an activating group) is 1. The van der Waals surface area contributed by atoms with E-state index < -0.39 is 0 Å². The molecule has 0 unspecified atom stereocenters. The average Bonchev–Trinajstić information content (AvgIpc) is 2.96. The number of nitrogens with one attached hydrogen (secondary N) is 2. The highest BCUT2D eigenvalue weighted by Gasteiger charge is 2.23. The number of hydrogen-bond acceptors (Lipinski definition) is 6. The van der Waals surface area contributed by atoms with Crippen molar-refractivity contribution < 1.29 is 4.79 Å². The molecule has 0 aliphatic heterocycles. The van der Waals surface area contributed by atoms with Gasteiger partial charge in [-0.05, 0) is 93.2 Å². The second kappa shape index (κ2) is 11.5.